The molecule has 1 saturated heterocycles. The van der Waals surface area contributed by atoms with Crippen molar-refractivity contribution in [3.63, 3.8) is 0 Å². The number of benzene rings is 1. The summed E-state index contributed by atoms with van der Waals surface area (Å²) < 4.78 is 4.99. The van der Waals surface area contributed by atoms with Crippen LogP contribution in [-0.4, -0.2) is 40.6 Å². The van der Waals surface area contributed by atoms with Crippen molar-refractivity contribution in [3.8, 4) is 6.01 Å². The van der Waals surface area contributed by atoms with E-state index in [0.29, 0.717) is 5.82 Å². The molecule has 0 bridgehead atoms. The van der Waals surface area contributed by atoms with Crippen LogP contribution in [0.1, 0.15) is 24.8 Å². The van der Waals surface area contributed by atoms with Gasteiger partial charge in [-0.1, -0.05) is 30.3 Å². The zero-order chi connectivity index (χ0) is 16.8. The Morgan fingerprint density at radius 2 is 2.12 bits per heavy atom. The maximum atomic E-state index is 12.7. The summed E-state index contributed by atoms with van der Waals surface area (Å²) >= 11 is 0. The predicted molar refractivity (Wildman–Crippen MR) is 92.1 cm³/mol. The van der Waals surface area contributed by atoms with Gasteiger partial charge in [-0.3, -0.25) is 5.32 Å². The van der Waals surface area contributed by atoms with E-state index in [2.05, 4.69) is 27.4 Å². The smallest absolute Gasteiger partial charge is 0.323 e. The molecule has 0 aliphatic carbocycles. The number of likely N-dealkylation sites (tertiary alicyclic amines) is 1. The van der Waals surface area contributed by atoms with Gasteiger partial charge in [0.15, 0.2) is 0 Å². The van der Waals surface area contributed by atoms with Gasteiger partial charge in [0.05, 0.1) is 7.11 Å². The van der Waals surface area contributed by atoms with Crippen molar-refractivity contribution in [3.05, 3.63) is 48.2 Å². The van der Waals surface area contributed by atoms with Crippen LogP contribution in [0.5, 0.6) is 6.01 Å². The maximum absolute atomic E-state index is 12.7. The number of nitrogens with zero attached hydrogens (tertiary/aromatic N) is 3. The molecule has 1 aromatic carbocycles. The van der Waals surface area contributed by atoms with E-state index >= 15 is 0 Å². The van der Waals surface area contributed by atoms with Gasteiger partial charge in [0.25, 0.3) is 0 Å². The third kappa shape index (κ3) is 4.01. The van der Waals surface area contributed by atoms with E-state index in [1.165, 1.54) is 12.7 Å². The second-order valence-electron chi connectivity index (χ2n) is 5.89. The number of urea groups is 1. The van der Waals surface area contributed by atoms with E-state index in [1.807, 2.05) is 23.1 Å². The van der Waals surface area contributed by atoms with Gasteiger partial charge >= 0.3 is 12.0 Å². The minimum absolute atomic E-state index is 0.114. The molecule has 1 atom stereocenters. The highest BCUT2D eigenvalue weighted by Gasteiger charge is 2.27. The zero-order valence-corrected chi connectivity index (χ0v) is 13.8. The number of hydrogen-bond donors (Lipinski definition) is 1. The van der Waals surface area contributed by atoms with Crippen LogP contribution < -0.4 is 10.1 Å². The average Bonchev–Trinajstić information content (AvgIpc) is 2.63. The molecule has 1 fully saturated rings. The lowest BCUT2D eigenvalue weighted by atomic mass is 9.96. The molecule has 3 rings (SSSR count). The Hall–Kier alpha value is -2.63. The average molecular weight is 326 g/mol. The Labute approximate surface area is 141 Å². The first kappa shape index (κ1) is 16.2. The lowest BCUT2D eigenvalue weighted by Crippen LogP contribution is -2.47. The maximum Gasteiger partial charge on any atom is 0.323 e. The minimum atomic E-state index is -0.114. The summed E-state index contributed by atoms with van der Waals surface area (Å²) in [6.07, 6.45) is 5.66. The van der Waals surface area contributed by atoms with Crippen molar-refractivity contribution in [2.24, 2.45) is 0 Å². The molecular formula is C18H22N4O2. The number of aromatic nitrogens is 2. The molecule has 0 saturated carbocycles. The van der Waals surface area contributed by atoms with Gasteiger partial charge in [0.2, 0.25) is 0 Å². The molecule has 0 spiro atoms. The molecule has 6 heteroatoms. The zero-order valence-electron chi connectivity index (χ0n) is 13.8. The molecular weight excluding hydrogens is 304 g/mol. The molecule has 1 aliphatic heterocycles. The van der Waals surface area contributed by atoms with Gasteiger partial charge in [0, 0.05) is 18.8 Å². The number of nitrogens with one attached hydrogen (secondary N) is 1. The molecule has 24 heavy (non-hydrogen) atoms. The number of methoxy groups -OCH3 is 1. The van der Waals surface area contributed by atoms with Crippen LogP contribution in [0.4, 0.5) is 10.6 Å². The predicted octanol–water partition coefficient (Wildman–Crippen LogP) is 3.11. The number of amides is 2. The monoisotopic (exact) mass is 326 g/mol. The largest absolute Gasteiger partial charge is 0.467 e. The molecule has 2 amide bonds. The van der Waals surface area contributed by atoms with Gasteiger partial charge in [-0.15, -0.1) is 0 Å². The third-order valence-electron chi connectivity index (χ3n) is 4.25. The van der Waals surface area contributed by atoms with Crippen LogP contribution in [0, 0.1) is 0 Å². The Morgan fingerprint density at radius 3 is 2.92 bits per heavy atom. The quantitative estimate of drug-likeness (QED) is 0.937. The first-order valence-electron chi connectivity index (χ1n) is 8.25. The van der Waals surface area contributed by atoms with Crippen LogP contribution in [0.15, 0.2) is 42.6 Å². The van der Waals surface area contributed by atoms with E-state index in [9.17, 15) is 4.79 Å². The highest BCUT2D eigenvalue weighted by Crippen LogP contribution is 2.22. The number of carbonyl (C=O) groups is 1. The van der Waals surface area contributed by atoms with Gasteiger partial charge < -0.3 is 9.64 Å². The molecule has 1 aromatic heterocycles. The van der Waals surface area contributed by atoms with Crippen molar-refractivity contribution in [2.75, 3.05) is 19.0 Å². The normalized spacial score (nSPS) is 17.4. The van der Waals surface area contributed by atoms with Gasteiger partial charge in [-0.05, 0) is 37.3 Å². The fourth-order valence-corrected chi connectivity index (χ4v) is 3.06. The number of anilines is 1. The Morgan fingerprint density at radius 1 is 1.29 bits per heavy atom. The third-order valence-corrected chi connectivity index (χ3v) is 4.25. The number of rotatable bonds is 4. The van der Waals surface area contributed by atoms with Crippen LogP contribution in [-0.2, 0) is 6.42 Å². The molecule has 1 aliphatic rings. The van der Waals surface area contributed by atoms with Crippen molar-refractivity contribution in [2.45, 2.75) is 31.7 Å². The number of hydrogen-bond acceptors (Lipinski definition) is 4. The summed E-state index contributed by atoms with van der Waals surface area (Å²) in [5.41, 5.74) is 1.26. The van der Waals surface area contributed by atoms with E-state index in [-0.39, 0.29) is 18.1 Å². The van der Waals surface area contributed by atoms with Gasteiger partial charge in [0.1, 0.15) is 5.82 Å². The van der Waals surface area contributed by atoms with E-state index in [4.69, 9.17) is 4.74 Å². The lowest BCUT2D eigenvalue weighted by Gasteiger charge is -2.35. The second-order valence-corrected chi connectivity index (χ2v) is 5.89. The van der Waals surface area contributed by atoms with Crippen molar-refractivity contribution in [1.29, 1.82) is 0 Å². The van der Waals surface area contributed by atoms with Gasteiger partial charge in [-0.2, -0.15) is 4.98 Å². The van der Waals surface area contributed by atoms with Crippen LogP contribution in [0.2, 0.25) is 0 Å². The van der Waals surface area contributed by atoms with E-state index < -0.39 is 0 Å². The summed E-state index contributed by atoms with van der Waals surface area (Å²) in [4.78, 5) is 22.7. The fraction of sp³-hybridized carbons (Fsp3) is 0.389. The summed E-state index contributed by atoms with van der Waals surface area (Å²) in [5.74, 6) is 0.455. The van der Waals surface area contributed by atoms with E-state index in [0.717, 1.165) is 32.2 Å². The minimum Gasteiger partial charge on any atom is -0.467 e. The Bertz CT molecular complexity index is 678. The number of ether oxygens (including phenoxy) is 1. The molecule has 0 radical (unpaired) electrons. The standard InChI is InChI=1S/C18H22N4O2/c1-24-17-19-11-10-16(20-17)21-18(23)22-12-6-5-9-15(22)13-14-7-3-2-4-8-14/h2-4,7-8,10-11,15H,5-6,9,12-13H2,1H3,(H,19,20,21,23). The van der Waals surface area contributed by atoms with Crippen LogP contribution in [0.3, 0.4) is 0 Å². The molecule has 126 valence electrons. The van der Waals surface area contributed by atoms with Crippen molar-refractivity contribution < 1.29 is 9.53 Å². The summed E-state index contributed by atoms with van der Waals surface area (Å²) in [7, 11) is 1.50. The Kier molecular flexibility index (Phi) is 5.25. The topological polar surface area (TPSA) is 67.3 Å². The molecule has 1 unspecified atom stereocenters. The summed E-state index contributed by atoms with van der Waals surface area (Å²) in [5, 5.41) is 2.86. The molecule has 2 aromatic rings. The molecule has 1 N–H and O–H groups in total. The Balaban J connectivity index is 1.68. The van der Waals surface area contributed by atoms with Gasteiger partial charge in [-0.25, -0.2) is 9.78 Å². The number of carbonyl (C=O) groups excluding carboxylic acids is 1. The fourth-order valence-electron chi connectivity index (χ4n) is 3.06. The molecule has 6 nitrogen and oxygen atoms in total. The summed E-state index contributed by atoms with van der Waals surface area (Å²) in [6, 6.07) is 12.3. The van der Waals surface area contributed by atoms with Crippen LogP contribution >= 0.6 is 0 Å². The first-order chi connectivity index (χ1) is 11.8. The second kappa shape index (κ2) is 7.77. The number of piperidine rings is 1. The lowest BCUT2D eigenvalue weighted by molar-refractivity contribution is 0.162. The van der Waals surface area contributed by atoms with Crippen LogP contribution in [0.25, 0.3) is 0 Å². The highest BCUT2D eigenvalue weighted by atomic mass is 16.5. The first-order valence-corrected chi connectivity index (χ1v) is 8.25. The van der Waals surface area contributed by atoms with Crippen molar-refractivity contribution in [1.82, 2.24) is 14.9 Å². The van der Waals surface area contributed by atoms with E-state index in [1.54, 1.807) is 12.3 Å². The molecule has 2 heterocycles. The highest BCUT2D eigenvalue weighted by molar-refractivity contribution is 5.88. The summed E-state index contributed by atoms with van der Waals surface area (Å²) in [6.45, 7) is 0.769. The van der Waals surface area contributed by atoms with Crippen molar-refractivity contribution >= 4 is 11.8 Å². The SMILES string of the molecule is COc1nccc(NC(=O)N2CCCCC2Cc2ccccc2)n1.